The van der Waals surface area contributed by atoms with Crippen LogP contribution in [0.1, 0.15) is 28.7 Å². The third-order valence-corrected chi connectivity index (χ3v) is 4.97. The molecule has 0 aliphatic carbocycles. The van der Waals surface area contributed by atoms with Gasteiger partial charge in [-0.15, -0.1) is 0 Å². The quantitative estimate of drug-likeness (QED) is 0.545. The molecule has 1 aliphatic rings. The van der Waals surface area contributed by atoms with Crippen LogP contribution in [-0.2, 0) is 10.3 Å². The van der Waals surface area contributed by atoms with Crippen LogP contribution in [-0.4, -0.2) is 11.3 Å². The number of hydrogen-bond donors (Lipinski definition) is 1. The summed E-state index contributed by atoms with van der Waals surface area (Å²) in [6, 6.07) is 8.70. The zero-order valence-electron chi connectivity index (χ0n) is 14.2. The molecule has 3 rings (SSSR count). The molecule has 1 N–H and O–H groups in total. The SMILES string of the molecule is C=C(O)c1ccc(C2=COC(c3cc(Cl)cc(Cl)c3)(C(F)(F)F)C2)cc1C. The van der Waals surface area contributed by atoms with Gasteiger partial charge in [-0.3, -0.25) is 0 Å². The van der Waals surface area contributed by atoms with Gasteiger partial charge in [-0.05, 0) is 41.8 Å². The number of aryl methyl sites for hydroxylation is 1. The highest BCUT2D eigenvalue weighted by Crippen LogP contribution is 2.52. The Kier molecular flexibility index (Phi) is 4.95. The van der Waals surface area contributed by atoms with Gasteiger partial charge >= 0.3 is 6.18 Å². The summed E-state index contributed by atoms with van der Waals surface area (Å²) < 4.78 is 47.3. The predicted molar refractivity (Wildman–Crippen MR) is 101 cm³/mol. The summed E-state index contributed by atoms with van der Waals surface area (Å²) in [6.07, 6.45) is -4.00. The first-order chi connectivity index (χ1) is 12.5. The Balaban J connectivity index is 2.02. The predicted octanol–water partition coefficient (Wildman–Crippen LogP) is 7.05. The van der Waals surface area contributed by atoms with Crippen molar-refractivity contribution >= 4 is 34.5 Å². The zero-order valence-corrected chi connectivity index (χ0v) is 15.7. The van der Waals surface area contributed by atoms with Crippen molar-refractivity contribution in [3.8, 4) is 0 Å². The minimum absolute atomic E-state index is 0.0971. The summed E-state index contributed by atoms with van der Waals surface area (Å²) >= 11 is 11.8. The molecule has 27 heavy (non-hydrogen) atoms. The lowest BCUT2D eigenvalue weighted by molar-refractivity contribution is -0.260. The van der Waals surface area contributed by atoms with Crippen LogP contribution in [0.25, 0.3) is 11.3 Å². The Labute approximate surface area is 164 Å². The van der Waals surface area contributed by atoms with Crippen molar-refractivity contribution in [1.29, 1.82) is 0 Å². The van der Waals surface area contributed by atoms with Crippen LogP contribution in [0.2, 0.25) is 10.0 Å². The molecule has 2 nitrogen and oxygen atoms in total. The second-order valence-corrected chi connectivity index (χ2v) is 7.27. The van der Waals surface area contributed by atoms with Gasteiger partial charge < -0.3 is 9.84 Å². The van der Waals surface area contributed by atoms with Crippen LogP contribution >= 0.6 is 23.2 Å². The molecular formula is C20H15Cl2F3O2. The molecule has 1 unspecified atom stereocenters. The molecule has 0 bridgehead atoms. The van der Waals surface area contributed by atoms with E-state index in [0.717, 1.165) is 6.26 Å². The first-order valence-electron chi connectivity index (χ1n) is 7.93. The number of benzene rings is 2. The first kappa shape index (κ1) is 19.6. The van der Waals surface area contributed by atoms with Crippen molar-refractivity contribution in [3.05, 3.63) is 81.5 Å². The third-order valence-electron chi connectivity index (χ3n) is 4.54. The van der Waals surface area contributed by atoms with E-state index in [1.807, 2.05) is 0 Å². The normalized spacial score (nSPS) is 19.6. The molecule has 7 heteroatoms. The third kappa shape index (κ3) is 3.54. The number of aliphatic hydroxyl groups is 1. The number of hydrogen-bond acceptors (Lipinski definition) is 2. The summed E-state index contributed by atoms with van der Waals surface area (Å²) in [5.74, 6) is -0.103. The van der Waals surface area contributed by atoms with E-state index in [2.05, 4.69) is 6.58 Å². The van der Waals surface area contributed by atoms with Crippen LogP contribution < -0.4 is 0 Å². The molecular weight excluding hydrogens is 400 g/mol. The highest BCUT2D eigenvalue weighted by molar-refractivity contribution is 6.34. The molecule has 1 aliphatic heterocycles. The second-order valence-electron chi connectivity index (χ2n) is 6.40. The van der Waals surface area contributed by atoms with E-state index in [1.54, 1.807) is 25.1 Å². The van der Waals surface area contributed by atoms with Crippen molar-refractivity contribution in [2.75, 3.05) is 0 Å². The van der Waals surface area contributed by atoms with Crippen molar-refractivity contribution in [3.63, 3.8) is 0 Å². The van der Waals surface area contributed by atoms with E-state index >= 15 is 0 Å². The topological polar surface area (TPSA) is 29.5 Å². The Morgan fingerprint density at radius 2 is 1.78 bits per heavy atom. The second kappa shape index (κ2) is 6.80. The van der Waals surface area contributed by atoms with Gasteiger partial charge in [0.2, 0.25) is 5.60 Å². The van der Waals surface area contributed by atoms with Gasteiger partial charge in [0.25, 0.3) is 0 Å². The molecule has 0 saturated carbocycles. The molecule has 0 spiro atoms. The summed E-state index contributed by atoms with van der Waals surface area (Å²) in [5.41, 5.74) is -0.559. The summed E-state index contributed by atoms with van der Waals surface area (Å²) in [7, 11) is 0. The molecule has 0 fully saturated rings. The smallest absolute Gasteiger partial charge is 0.432 e. The summed E-state index contributed by atoms with van der Waals surface area (Å²) in [6.45, 7) is 5.21. The molecule has 0 radical (unpaired) electrons. The molecule has 142 valence electrons. The van der Waals surface area contributed by atoms with Gasteiger partial charge in [0.1, 0.15) is 5.76 Å². The van der Waals surface area contributed by atoms with E-state index < -0.39 is 18.2 Å². The van der Waals surface area contributed by atoms with Crippen LogP contribution in [0.3, 0.4) is 0 Å². The van der Waals surface area contributed by atoms with Gasteiger partial charge in [-0.25, -0.2) is 0 Å². The van der Waals surface area contributed by atoms with Crippen LogP contribution in [0.15, 0.2) is 49.2 Å². The van der Waals surface area contributed by atoms with E-state index in [-0.39, 0.29) is 21.4 Å². The van der Waals surface area contributed by atoms with Gasteiger partial charge in [0.15, 0.2) is 0 Å². The van der Waals surface area contributed by atoms with E-state index in [4.69, 9.17) is 27.9 Å². The molecule has 2 aromatic rings. The summed E-state index contributed by atoms with van der Waals surface area (Å²) in [5, 5.41) is 9.74. The van der Waals surface area contributed by atoms with Crippen molar-refractivity contribution in [2.24, 2.45) is 0 Å². The van der Waals surface area contributed by atoms with Crippen molar-refractivity contribution in [1.82, 2.24) is 0 Å². The number of aliphatic hydroxyl groups excluding tert-OH is 1. The van der Waals surface area contributed by atoms with Crippen LogP contribution in [0, 0.1) is 6.92 Å². The average molecular weight is 415 g/mol. The Bertz CT molecular complexity index is 930. The zero-order chi connectivity index (χ0) is 20.0. The Hall–Kier alpha value is -2.11. The fourth-order valence-electron chi connectivity index (χ4n) is 3.17. The van der Waals surface area contributed by atoms with E-state index in [9.17, 15) is 18.3 Å². The number of halogens is 5. The lowest BCUT2D eigenvalue weighted by Gasteiger charge is -2.32. The van der Waals surface area contributed by atoms with Gasteiger partial charge in [-0.1, -0.05) is 48.0 Å². The monoisotopic (exact) mass is 414 g/mol. The minimum atomic E-state index is -4.69. The summed E-state index contributed by atoms with van der Waals surface area (Å²) in [4.78, 5) is 0. The largest absolute Gasteiger partial charge is 0.508 e. The van der Waals surface area contributed by atoms with Crippen molar-refractivity contribution in [2.45, 2.75) is 25.1 Å². The number of rotatable bonds is 3. The van der Waals surface area contributed by atoms with Crippen LogP contribution in [0.5, 0.6) is 0 Å². The fourth-order valence-corrected chi connectivity index (χ4v) is 3.69. The molecule has 0 amide bonds. The maximum absolute atomic E-state index is 14.0. The highest BCUT2D eigenvalue weighted by atomic mass is 35.5. The molecule has 2 aromatic carbocycles. The Morgan fingerprint density at radius 3 is 2.30 bits per heavy atom. The van der Waals surface area contributed by atoms with Crippen LogP contribution in [0.4, 0.5) is 13.2 Å². The fraction of sp³-hybridized carbons (Fsp3) is 0.200. The van der Waals surface area contributed by atoms with Crippen molar-refractivity contribution < 1.29 is 23.0 Å². The maximum atomic E-state index is 14.0. The highest BCUT2D eigenvalue weighted by Gasteiger charge is 2.60. The van der Waals surface area contributed by atoms with Gasteiger partial charge in [0.05, 0.1) is 6.26 Å². The molecule has 0 aromatic heterocycles. The number of alkyl halides is 3. The molecule has 0 saturated heterocycles. The lowest BCUT2D eigenvalue weighted by Crippen LogP contribution is -2.42. The maximum Gasteiger partial charge on any atom is 0.432 e. The lowest BCUT2D eigenvalue weighted by atomic mass is 9.85. The molecule has 1 atom stereocenters. The molecule has 1 heterocycles. The van der Waals surface area contributed by atoms with Gasteiger partial charge in [0, 0.05) is 27.6 Å². The minimum Gasteiger partial charge on any atom is -0.508 e. The van der Waals surface area contributed by atoms with Gasteiger partial charge in [-0.2, -0.15) is 13.2 Å². The van der Waals surface area contributed by atoms with E-state index in [1.165, 1.54) is 18.2 Å². The first-order valence-corrected chi connectivity index (χ1v) is 8.68. The average Bonchev–Trinajstić information content (AvgIpc) is 3.00. The number of ether oxygens (including phenoxy) is 1. The standard InChI is InChI=1S/C20H15Cl2F3O2/c1-11-5-13(3-4-18(11)12(2)26)14-9-19(27-10-14,20(23,24)25)15-6-16(21)8-17(22)7-15/h3-8,10,26H,2,9H2,1H3. The Morgan fingerprint density at radius 1 is 1.15 bits per heavy atom. The van der Waals surface area contributed by atoms with E-state index in [0.29, 0.717) is 22.3 Å².